The fourth-order valence-electron chi connectivity index (χ4n) is 2.52. The Balaban J connectivity index is 1.81. The minimum atomic E-state index is -0.476. The number of nitro groups is 2. The Hall–Kier alpha value is -3.94. The summed E-state index contributed by atoms with van der Waals surface area (Å²) >= 11 is 0. The van der Waals surface area contributed by atoms with Crippen LogP contribution in [0.1, 0.15) is 12.5 Å². The summed E-state index contributed by atoms with van der Waals surface area (Å²) in [7, 11) is 0. The fraction of sp³-hybridized carbons (Fsp3) is 0.100. The molecule has 0 fully saturated rings. The molecule has 0 heterocycles. The molecular weight excluding hydrogens is 364 g/mol. The van der Waals surface area contributed by atoms with Gasteiger partial charge < -0.3 is 9.47 Å². The molecule has 0 amide bonds. The molecular formula is C20H16N2O6. The van der Waals surface area contributed by atoms with E-state index >= 15 is 0 Å². The molecule has 0 saturated carbocycles. The first-order valence-electron chi connectivity index (χ1n) is 8.44. The number of ether oxygens (including phenoxy) is 2. The molecule has 0 spiro atoms. The van der Waals surface area contributed by atoms with Crippen LogP contribution in [0, 0.1) is 20.2 Å². The Morgan fingerprint density at radius 2 is 1.18 bits per heavy atom. The van der Waals surface area contributed by atoms with Crippen molar-refractivity contribution in [3.63, 3.8) is 0 Å². The van der Waals surface area contributed by atoms with Gasteiger partial charge in [-0.1, -0.05) is 13.0 Å². The Morgan fingerprint density at radius 1 is 0.714 bits per heavy atom. The number of nitro benzene ring substituents is 2. The molecule has 0 unspecified atom stereocenters. The minimum Gasteiger partial charge on any atom is -0.457 e. The largest absolute Gasteiger partial charge is 0.457 e. The van der Waals surface area contributed by atoms with Crippen LogP contribution in [0.25, 0.3) is 0 Å². The van der Waals surface area contributed by atoms with E-state index in [2.05, 4.69) is 0 Å². The first-order chi connectivity index (χ1) is 13.5. The minimum absolute atomic E-state index is 0.0154. The van der Waals surface area contributed by atoms with Crippen molar-refractivity contribution in [2.24, 2.45) is 0 Å². The zero-order valence-electron chi connectivity index (χ0n) is 14.9. The predicted molar refractivity (Wildman–Crippen MR) is 102 cm³/mol. The number of nitrogens with zero attached hydrogens (tertiary/aromatic N) is 2. The molecule has 142 valence electrons. The molecule has 8 heteroatoms. The van der Waals surface area contributed by atoms with Gasteiger partial charge >= 0.3 is 0 Å². The van der Waals surface area contributed by atoms with Crippen LogP contribution in [-0.4, -0.2) is 9.85 Å². The number of rotatable bonds is 7. The van der Waals surface area contributed by atoms with Crippen LogP contribution in [0.15, 0.2) is 66.7 Å². The fourth-order valence-corrected chi connectivity index (χ4v) is 2.52. The lowest BCUT2D eigenvalue weighted by Gasteiger charge is -2.13. The lowest BCUT2D eigenvalue weighted by atomic mass is 10.1. The SMILES string of the molecule is CCc1ccc(Oc2ccc([N+](=O)[O-])cc2)cc1Oc1ccc([N+](=O)[O-])cc1. The average molecular weight is 380 g/mol. The third-order valence-corrected chi connectivity index (χ3v) is 3.98. The lowest BCUT2D eigenvalue weighted by Crippen LogP contribution is -1.93. The van der Waals surface area contributed by atoms with Crippen molar-refractivity contribution in [2.75, 3.05) is 0 Å². The summed E-state index contributed by atoms with van der Waals surface area (Å²) in [5.74, 6) is 1.99. The molecule has 0 aromatic heterocycles. The molecule has 0 N–H and O–H groups in total. The first-order valence-corrected chi connectivity index (χ1v) is 8.44. The zero-order chi connectivity index (χ0) is 20.1. The quantitative estimate of drug-likeness (QED) is 0.387. The van der Waals surface area contributed by atoms with Crippen molar-refractivity contribution in [1.29, 1.82) is 0 Å². The van der Waals surface area contributed by atoms with Gasteiger partial charge in [-0.15, -0.1) is 0 Å². The molecule has 0 bridgehead atoms. The second-order valence-corrected chi connectivity index (χ2v) is 5.83. The Labute approximate surface area is 160 Å². The summed E-state index contributed by atoms with van der Waals surface area (Å²) in [6.45, 7) is 1.98. The molecule has 28 heavy (non-hydrogen) atoms. The summed E-state index contributed by atoms with van der Waals surface area (Å²) in [6, 6.07) is 16.9. The highest BCUT2D eigenvalue weighted by Gasteiger charge is 2.10. The van der Waals surface area contributed by atoms with Crippen molar-refractivity contribution in [3.05, 3.63) is 92.5 Å². The van der Waals surface area contributed by atoms with Crippen LogP contribution in [0.2, 0.25) is 0 Å². The third-order valence-electron chi connectivity index (χ3n) is 3.98. The highest BCUT2D eigenvalue weighted by molar-refractivity contribution is 5.46. The summed E-state index contributed by atoms with van der Waals surface area (Å²) in [4.78, 5) is 20.5. The summed E-state index contributed by atoms with van der Waals surface area (Å²) in [5.41, 5.74) is 0.906. The van der Waals surface area contributed by atoms with Gasteiger partial charge in [-0.25, -0.2) is 0 Å². The van der Waals surface area contributed by atoms with Gasteiger partial charge in [0.15, 0.2) is 0 Å². The van der Waals surface area contributed by atoms with Gasteiger partial charge in [-0.2, -0.15) is 0 Å². The molecule has 0 atom stereocenters. The number of aryl methyl sites for hydroxylation is 1. The van der Waals surface area contributed by atoms with Crippen LogP contribution in [0.5, 0.6) is 23.0 Å². The molecule has 0 aliphatic heterocycles. The summed E-state index contributed by atoms with van der Waals surface area (Å²) in [5, 5.41) is 21.5. The number of hydrogen-bond acceptors (Lipinski definition) is 6. The third kappa shape index (κ3) is 4.42. The molecule has 8 nitrogen and oxygen atoms in total. The molecule has 3 rings (SSSR count). The Kier molecular flexibility index (Phi) is 5.50. The van der Waals surface area contributed by atoms with E-state index < -0.39 is 9.85 Å². The van der Waals surface area contributed by atoms with Gasteiger partial charge in [0.2, 0.25) is 0 Å². The second kappa shape index (κ2) is 8.17. The molecule has 3 aromatic carbocycles. The number of hydrogen-bond donors (Lipinski definition) is 0. The Morgan fingerprint density at radius 3 is 1.64 bits per heavy atom. The summed E-state index contributed by atoms with van der Waals surface area (Å²) in [6.07, 6.45) is 0.722. The first kappa shape index (κ1) is 18.8. The van der Waals surface area contributed by atoms with E-state index in [0.29, 0.717) is 23.0 Å². The van der Waals surface area contributed by atoms with Crippen molar-refractivity contribution < 1.29 is 19.3 Å². The maximum Gasteiger partial charge on any atom is 0.269 e. The van der Waals surface area contributed by atoms with E-state index in [1.807, 2.05) is 13.0 Å². The van der Waals surface area contributed by atoms with Gasteiger partial charge in [-0.3, -0.25) is 20.2 Å². The van der Waals surface area contributed by atoms with E-state index in [0.717, 1.165) is 12.0 Å². The summed E-state index contributed by atoms with van der Waals surface area (Å²) < 4.78 is 11.6. The molecule has 0 saturated heterocycles. The van der Waals surface area contributed by atoms with Gasteiger partial charge in [-0.05, 0) is 42.3 Å². The van der Waals surface area contributed by atoms with Crippen LogP contribution >= 0.6 is 0 Å². The monoisotopic (exact) mass is 380 g/mol. The maximum absolute atomic E-state index is 10.8. The zero-order valence-corrected chi connectivity index (χ0v) is 14.9. The van der Waals surface area contributed by atoms with Gasteiger partial charge in [0, 0.05) is 30.3 Å². The molecule has 3 aromatic rings. The average Bonchev–Trinajstić information content (AvgIpc) is 2.69. The lowest BCUT2D eigenvalue weighted by molar-refractivity contribution is -0.385. The van der Waals surface area contributed by atoms with Gasteiger partial charge in [0.05, 0.1) is 9.85 Å². The van der Waals surface area contributed by atoms with Crippen molar-refractivity contribution >= 4 is 11.4 Å². The number of benzene rings is 3. The predicted octanol–water partition coefficient (Wildman–Crippen LogP) is 5.65. The van der Waals surface area contributed by atoms with Crippen LogP contribution in [0.4, 0.5) is 11.4 Å². The highest BCUT2D eigenvalue weighted by atomic mass is 16.6. The van der Waals surface area contributed by atoms with Crippen LogP contribution < -0.4 is 9.47 Å². The standard InChI is InChI=1S/C20H16N2O6/c1-2-14-3-8-19(27-17-9-4-15(5-10-17)21(23)24)13-20(14)28-18-11-6-16(7-12-18)22(25)26/h3-13H,2H2,1H3. The Bertz CT molecular complexity index is 1000. The van der Waals surface area contributed by atoms with E-state index in [1.54, 1.807) is 12.1 Å². The van der Waals surface area contributed by atoms with Crippen LogP contribution in [0.3, 0.4) is 0 Å². The topological polar surface area (TPSA) is 105 Å². The maximum atomic E-state index is 10.8. The highest BCUT2D eigenvalue weighted by Crippen LogP contribution is 2.33. The van der Waals surface area contributed by atoms with Crippen molar-refractivity contribution in [3.8, 4) is 23.0 Å². The molecule has 0 radical (unpaired) electrons. The number of non-ortho nitro benzene ring substituents is 2. The smallest absolute Gasteiger partial charge is 0.269 e. The van der Waals surface area contributed by atoms with Gasteiger partial charge in [0.25, 0.3) is 11.4 Å². The van der Waals surface area contributed by atoms with Crippen LogP contribution in [-0.2, 0) is 6.42 Å². The van der Waals surface area contributed by atoms with Gasteiger partial charge in [0.1, 0.15) is 23.0 Å². The second-order valence-electron chi connectivity index (χ2n) is 5.83. The van der Waals surface area contributed by atoms with E-state index in [4.69, 9.17) is 9.47 Å². The van der Waals surface area contributed by atoms with Crippen molar-refractivity contribution in [2.45, 2.75) is 13.3 Å². The molecule has 0 aliphatic carbocycles. The van der Waals surface area contributed by atoms with Crippen molar-refractivity contribution in [1.82, 2.24) is 0 Å². The van der Waals surface area contributed by atoms with E-state index in [9.17, 15) is 20.2 Å². The van der Waals surface area contributed by atoms with E-state index in [-0.39, 0.29) is 11.4 Å². The van der Waals surface area contributed by atoms with E-state index in [1.165, 1.54) is 48.5 Å². The normalized spacial score (nSPS) is 10.3. The molecule has 0 aliphatic rings.